The van der Waals surface area contributed by atoms with Crippen molar-refractivity contribution < 1.29 is 9.59 Å². The summed E-state index contributed by atoms with van der Waals surface area (Å²) in [5.41, 5.74) is 3.86. The van der Waals surface area contributed by atoms with Gasteiger partial charge in [-0.1, -0.05) is 24.3 Å². The first-order valence-corrected chi connectivity index (χ1v) is 11.2. The molecule has 2 amide bonds. The fourth-order valence-electron chi connectivity index (χ4n) is 4.98. The second-order valence-corrected chi connectivity index (χ2v) is 8.73. The number of carbonyl (C=O) groups excluding carboxylic acids is 2. The van der Waals surface area contributed by atoms with E-state index in [2.05, 4.69) is 17.7 Å². The van der Waals surface area contributed by atoms with Crippen LogP contribution in [0.15, 0.2) is 48.5 Å². The summed E-state index contributed by atoms with van der Waals surface area (Å²) in [6, 6.07) is 15.9. The molecule has 3 heterocycles. The second kappa shape index (κ2) is 8.17. The van der Waals surface area contributed by atoms with Crippen LogP contribution in [0.1, 0.15) is 53.3 Å². The van der Waals surface area contributed by atoms with Crippen LogP contribution in [0.4, 0.5) is 0 Å². The molecule has 6 nitrogen and oxygen atoms in total. The molecule has 31 heavy (non-hydrogen) atoms. The number of hydrogen-bond acceptors (Lipinski definition) is 3. The number of carbonyl (C=O) groups is 2. The molecule has 1 atom stereocenters. The van der Waals surface area contributed by atoms with Gasteiger partial charge in [0.05, 0.1) is 11.0 Å². The van der Waals surface area contributed by atoms with E-state index in [0.29, 0.717) is 25.1 Å². The molecule has 0 radical (unpaired) electrons. The third-order valence-electron chi connectivity index (χ3n) is 6.61. The summed E-state index contributed by atoms with van der Waals surface area (Å²) < 4.78 is 2.17. The van der Waals surface area contributed by atoms with Crippen molar-refractivity contribution in [2.24, 2.45) is 7.05 Å². The van der Waals surface area contributed by atoms with Crippen molar-refractivity contribution in [3.05, 3.63) is 65.5 Å². The van der Waals surface area contributed by atoms with Crippen molar-refractivity contribution in [3.63, 3.8) is 0 Å². The van der Waals surface area contributed by atoms with Gasteiger partial charge in [0.2, 0.25) is 5.91 Å². The number of likely N-dealkylation sites (tertiary alicyclic amines) is 2. The van der Waals surface area contributed by atoms with Crippen molar-refractivity contribution in [1.82, 2.24) is 19.4 Å². The molecule has 0 aliphatic carbocycles. The molecule has 0 saturated carbocycles. The molecule has 0 N–H and O–H groups in total. The van der Waals surface area contributed by atoms with Crippen LogP contribution in [0.25, 0.3) is 11.0 Å². The van der Waals surface area contributed by atoms with Gasteiger partial charge in [0, 0.05) is 51.1 Å². The average molecular weight is 417 g/mol. The Bertz CT molecular complexity index is 1140. The number of rotatable bonds is 4. The van der Waals surface area contributed by atoms with Crippen LogP contribution in [0.2, 0.25) is 0 Å². The first kappa shape index (κ1) is 19.8. The van der Waals surface area contributed by atoms with Gasteiger partial charge in [0.25, 0.3) is 5.91 Å². The molecule has 1 aromatic heterocycles. The van der Waals surface area contributed by atoms with Crippen LogP contribution in [-0.2, 0) is 18.4 Å². The zero-order valence-corrected chi connectivity index (χ0v) is 18.0. The lowest BCUT2D eigenvalue weighted by Crippen LogP contribution is -2.39. The standard InChI is InChI=1S/C25H28N4O2/c1-27-22-11-3-2-10-21(22)26-24(27)20-9-5-14-29(17-20)25(31)19-8-4-7-18(15-19)16-28-13-6-12-23(28)30/h2-4,7-8,10-11,15,20H,5-6,9,12-14,16-17H2,1H3/t20-/m0/s1. The van der Waals surface area contributed by atoms with Crippen molar-refractivity contribution in [3.8, 4) is 0 Å². The molecule has 3 aromatic rings. The van der Waals surface area contributed by atoms with Crippen LogP contribution in [-0.4, -0.2) is 50.8 Å². The van der Waals surface area contributed by atoms with Gasteiger partial charge < -0.3 is 14.4 Å². The highest BCUT2D eigenvalue weighted by molar-refractivity contribution is 5.94. The number of benzene rings is 2. The highest BCUT2D eigenvalue weighted by atomic mass is 16.2. The minimum Gasteiger partial charge on any atom is -0.338 e. The van der Waals surface area contributed by atoms with Crippen LogP contribution in [0.5, 0.6) is 0 Å². The molecular weight excluding hydrogens is 388 g/mol. The number of fused-ring (bicyclic) bond motifs is 1. The lowest BCUT2D eigenvalue weighted by Gasteiger charge is -2.32. The van der Waals surface area contributed by atoms with Crippen molar-refractivity contribution in [1.29, 1.82) is 0 Å². The van der Waals surface area contributed by atoms with E-state index in [1.807, 2.05) is 52.3 Å². The average Bonchev–Trinajstić information content (AvgIpc) is 3.36. The van der Waals surface area contributed by atoms with Crippen LogP contribution in [0.3, 0.4) is 0 Å². The predicted molar refractivity (Wildman–Crippen MR) is 120 cm³/mol. The molecule has 6 heteroatoms. The number of aryl methyl sites for hydroxylation is 1. The summed E-state index contributed by atoms with van der Waals surface area (Å²) in [5.74, 6) is 1.57. The Morgan fingerprint density at radius 1 is 1.10 bits per heavy atom. The Balaban J connectivity index is 1.33. The van der Waals surface area contributed by atoms with E-state index in [1.54, 1.807) is 0 Å². The first-order chi connectivity index (χ1) is 15.1. The monoisotopic (exact) mass is 416 g/mol. The van der Waals surface area contributed by atoms with E-state index < -0.39 is 0 Å². The zero-order chi connectivity index (χ0) is 21.4. The summed E-state index contributed by atoms with van der Waals surface area (Å²) in [6.45, 7) is 2.85. The summed E-state index contributed by atoms with van der Waals surface area (Å²) in [7, 11) is 2.06. The van der Waals surface area contributed by atoms with Crippen LogP contribution < -0.4 is 0 Å². The molecule has 0 unspecified atom stereocenters. The number of aromatic nitrogens is 2. The first-order valence-electron chi connectivity index (χ1n) is 11.2. The Hall–Kier alpha value is -3.15. The van der Waals surface area contributed by atoms with Crippen LogP contribution in [0, 0.1) is 0 Å². The molecule has 0 spiro atoms. The Kier molecular flexibility index (Phi) is 5.22. The van der Waals surface area contributed by atoms with E-state index in [1.165, 1.54) is 0 Å². The van der Waals surface area contributed by atoms with Gasteiger partial charge in [0.15, 0.2) is 0 Å². The van der Waals surface area contributed by atoms with Gasteiger partial charge in [-0.25, -0.2) is 4.98 Å². The maximum atomic E-state index is 13.3. The third-order valence-corrected chi connectivity index (χ3v) is 6.61. The van der Waals surface area contributed by atoms with Gasteiger partial charge in [-0.05, 0) is 49.1 Å². The van der Waals surface area contributed by atoms with E-state index in [-0.39, 0.29) is 17.7 Å². The maximum absolute atomic E-state index is 13.3. The zero-order valence-electron chi connectivity index (χ0n) is 18.0. The smallest absolute Gasteiger partial charge is 0.253 e. The van der Waals surface area contributed by atoms with Gasteiger partial charge in [-0.3, -0.25) is 9.59 Å². The van der Waals surface area contributed by atoms with Gasteiger partial charge in [-0.2, -0.15) is 0 Å². The number of amides is 2. The maximum Gasteiger partial charge on any atom is 0.253 e. The number of piperidine rings is 1. The Labute approximate surface area is 182 Å². The minimum absolute atomic E-state index is 0.0677. The quantitative estimate of drug-likeness (QED) is 0.651. The summed E-state index contributed by atoms with van der Waals surface area (Å²) in [4.78, 5) is 34.0. The van der Waals surface area contributed by atoms with E-state index in [9.17, 15) is 9.59 Å². The summed E-state index contributed by atoms with van der Waals surface area (Å²) in [6.07, 6.45) is 3.57. The highest BCUT2D eigenvalue weighted by Crippen LogP contribution is 2.29. The molecule has 5 rings (SSSR count). The molecule has 2 aliphatic heterocycles. The molecule has 2 aliphatic rings. The van der Waals surface area contributed by atoms with Gasteiger partial charge in [-0.15, -0.1) is 0 Å². The lowest BCUT2D eigenvalue weighted by molar-refractivity contribution is -0.128. The molecule has 2 saturated heterocycles. The molecular formula is C25H28N4O2. The number of imidazole rings is 1. The molecule has 0 bridgehead atoms. The third kappa shape index (κ3) is 3.82. The fraction of sp³-hybridized carbons (Fsp3) is 0.400. The second-order valence-electron chi connectivity index (χ2n) is 8.73. The van der Waals surface area contributed by atoms with E-state index in [0.717, 1.165) is 54.8 Å². The lowest BCUT2D eigenvalue weighted by atomic mass is 9.96. The Morgan fingerprint density at radius 3 is 2.77 bits per heavy atom. The molecule has 160 valence electrons. The van der Waals surface area contributed by atoms with Gasteiger partial charge >= 0.3 is 0 Å². The highest BCUT2D eigenvalue weighted by Gasteiger charge is 2.29. The Morgan fingerprint density at radius 2 is 1.97 bits per heavy atom. The summed E-state index contributed by atoms with van der Waals surface area (Å²) in [5, 5.41) is 0. The molecule has 2 aromatic carbocycles. The fourth-order valence-corrected chi connectivity index (χ4v) is 4.98. The van der Waals surface area contributed by atoms with Crippen molar-refractivity contribution >= 4 is 22.8 Å². The van der Waals surface area contributed by atoms with Crippen molar-refractivity contribution in [2.75, 3.05) is 19.6 Å². The van der Waals surface area contributed by atoms with E-state index in [4.69, 9.17) is 4.98 Å². The van der Waals surface area contributed by atoms with Crippen LogP contribution >= 0.6 is 0 Å². The van der Waals surface area contributed by atoms with E-state index >= 15 is 0 Å². The minimum atomic E-state index is 0.0677. The normalized spacial score (nSPS) is 19.4. The number of para-hydroxylation sites is 2. The van der Waals surface area contributed by atoms with Gasteiger partial charge in [0.1, 0.15) is 5.82 Å². The number of nitrogens with zero attached hydrogens (tertiary/aromatic N) is 4. The predicted octanol–water partition coefficient (Wildman–Crippen LogP) is 3.72. The number of hydrogen-bond donors (Lipinski definition) is 0. The SMILES string of the molecule is Cn1c([C@H]2CCCN(C(=O)c3cccc(CN4CCCC4=O)c3)C2)nc2ccccc21. The van der Waals surface area contributed by atoms with Crippen molar-refractivity contribution in [2.45, 2.75) is 38.1 Å². The molecule has 2 fully saturated rings. The summed E-state index contributed by atoms with van der Waals surface area (Å²) >= 11 is 0. The largest absolute Gasteiger partial charge is 0.338 e. The topological polar surface area (TPSA) is 58.4 Å².